The smallest absolute Gasteiger partial charge is 0.244 e. The molecule has 7 nitrogen and oxygen atoms in total. The molecule has 1 atom stereocenters. The number of aryl methyl sites for hydroxylation is 2. The van der Waals surface area contributed by atoms with Crippen molar-refractivity contribution in [3.63, 3.8) is 0 Å². The lowest BCUT2D eigenvalue weighted by Crippen LogP contribution is -2.52. The summed E-state index contributed by atoms with van der Waals surface area (Å²) in [6.07, 6.45) is 1.09. The van der Waals surface area contributed by atoms with E-state index in [0.717, 1.165) is 27.3 Å². The van der Waals surface area contributed by atoms with Crippen LogP contribution in [-0.2, 0) is 26.2 Å². The van der Waals surface area contributed by atoms with E-state index in [2.05, 4.69) is 5.32 Å². The molecule has 0 fully saturated rings. The predicted molar refractivity (Wildman–Crippen MR) is 128 cm³/mol. The summed E-state index contributed by atoms with van der Waals surface area (Å²) in [7, 11) is -3.74. The number of hydrogen-bond donors (Lipinski definition) is 1. The maximum Gasteiger partial charge on any atom is 0.244 e. The zero-order valence-corrected chi connectivity index (χ0v) is 20.4. The van der Waals surface area contributed by atoms with Crippen LogP contribution in [0.4, 0.5) is 5.69 Å². The highest BCUT2D eigenvalue weighted by molar-refractivity contribution is 7.92. The van der Waals surface area contributed by atoms with Gasteiger partial charge in [-0.15, -0.1) is 0 Å². The van der Waals surface area contributed by atoms with Gasteiger partial charge in [0.05, 0.1) is 11.9 Å². The minimum absolute atomic E-state index is 0.0826. The second-order valence-electron chi connectivity index (χ2n) is 8.36. The minimum atomic E-state index is -3.74. The monoisotopic (exact) mass is 459 g/mol. The van der Waals surface area contributed by atoms with Crippen molar-refractivity contribution >= 4 is 27.5 Å². The van der Waals surface area contributed by atoms with Crippen LogP contribution >= 0.6 is 0 Å². The van der Waals surface area contributed by atoms with E-state index in [0.29, 0.717) is 5.69 Å². The van der Waals surface area contributed by atoms with Crippen LogP contribution in [0.25, 0.3) is 0 Å². The molecule has 174 valence electrons. The fraction of sp³-hybridized carbons (Fsp3) is 0.417. The predicted octanol–water partition coefficient (Wildman–Crippen LogP) is 3.01. The number of nitrogens with one attached hydrogen (secondary N) is 1. The van der Waals surface area contributed by atoms with Gasteiger partial charge in [-0.1, -0.05) is 48.5 Å². The lowest BCUT2D eigenvalue weighted by molar-refractivity contribution is -0.139. The molecule has 32 heavy (non-hydrogen) atoms. The number of amides is 2. The third-order valence-electron chi connectivity index (χ3n) is 5.16. The molecule has 2 aromatic rings. The van der Waals surface area contributed by atoms with Crippen LogP contribution < -0.4 is 9.62 Å². The Morgan fingerprint density at radius 1 is 0.938 bits per heavy atom. The van der Waals surface area contributed by atoms with E-state index in [4.69, 9.17) is 0 Å². The highest BCUT2D eigenvalue weighted by atomic mass is 32.2. The van der Waals surface area contributed by atoms with Gasteiger partial charge in [0.2, 0.25) is 21.8 Å². The van der Waals surface area contributed by atoms with Gasteiger partial charge in [0.15, 0.2) is 0 Å². The Kier molecular flexibility index (Phi) is 8.44. The molecule has 0 aliphatic heterocycles. The Bertz CT molecular complexity index is 1030. The summed E-state index contributed by atoms with van der Waals surface area (Å²) in [5, 5.41) is 2.83. The van der Waals surface area contributed by atoms with Crippen molar-refractivity contribution in [2.24, 2.45) is 0 Å². The van der Waals surface area contributed by atoms with Crippen molar-refractivity contribution in [1.29, 1.82) is 0 Å². The Hall–Kier alpha value is -2.87. The fourth-order valence-electron chi connectivity index (χ4n) is 3.54. The summed E-state index contributed by atoms with van der Waals surface area (Å²) in [4.78, 5) is 27.6. The second kappa shape index (κ2) is 10.6. The first-order valence-corrected chi connectivity index (χ1v) is 12.4. The molecule has 0 aliphatic rings. The molecule has 8 heteroatoms. The van der Waals surface area contributed by atoms with E-state index in [9.17, 15) is 18.0 Å². The number of carbonyl (C=O) groups is 2. The van der Waals surface area contributed by atoms with Crippen LogP contribution in [0, 0.1) is 13.8 Å². The number of carbonyl (C=O) groups excluding carboxylic acids is 2. The van der Waals surface area contributed by atoms with E-state index in [-0.39, 0.29) is 18.5 Å². The molecule has 0 aromatic heterocycles. The molecule has 0 bridgehead atoms. The summed E-state index contributed by atoms with van der Waals surface area (Å²) in [6, 6.07) is 13.9. The number of benzene rings is 2. The van der Waals surface area contributed by atoms with Gasteiger partial charge in [-0.2, -0.15) is 0 Å². The lowest BCUT2D eigenvalue weighted by Gasteiger charge is -2.32. The summed E-state index contributed by atoms with van der Waals surface area (Å²) in [5.74, 6) is -0.740. The largest absolute Gasteiger partial charge is 0.352 e. The van der Waals surface area contributed by atoms with Crippen molar-refractivity contribution in [2.45, 2.75) is 53.2 Å². The number of nitrogens with zero attached hydrogens (tertiary/aromatic N) is 2. The molecule has 0 spiro atoms. The fourth-order valence-corrected chi connectivity index (χ4v) is 4.51. The van der Waals surface area contributed by atoms with Crippen molar-refractivity contribution in [1.82, 2.24) is 10.2 Å². The maximum atomic E-state index is 13.5. The second-order valence-corrected chi connectivity index (χ2v) is 10.3. The minimum Gasteiger partial charge on any atom is -0.352 e. The molecular weight excluding hydrogens is 426 g/mol. The van der Waals surface area contributed by atoms with Crippen LogP contribution in [0.2, 0.25) is 0 Å². The van der Waals surface area contributed by atoms with Crippen molar-refractivity contribution < 1.29 is 18.0 Å². The Morgan fingerprint density at radius 3 is 2.00 bits per heavy atom. The number of rotatable bonds is 9. The first-order chi connectivity index (χ1) is 14.9. The first kappa shape index (κ1) is 25.4. The molecule has 2 rings (SSSR count). The lowest BCUT2D eigenvalue weighted by atomic mass is 10.1. The SMILES string of the molecule is Cc1cccc(C)c1N(CC(=O)N(Cc1ccccc1)[C@H](C)C(=O)NC(C)C)S(C)(=O)=O. The number of anilines is 1. The molecule has 0 aliphatic carbocycles. The molecule has 2 aromatic carbocycles. The van der Waals surface area contributed by atoms with E-state index in [1.165, 1.54) is 4.90 Å². The van der Waals surface area contributed by atoms with Crippen LogP contribution in [0.3, 0.4) is 0 Å². The topological polar surface area (TPSA) is 86.8 Å². The maximum absolute atomic E-state index is 13.5. The van der Waals surface area contributed by atoms with Gasteiger partial charge >= 0.3 is 0 Å². The molecule has 0 radical (unpaired) electrons. The highest BCUT2D eigenvalue weighted by Gasteiger charge is 2.31. The normalized spacial score (nSPS) is 12.3. The van der Waals surface area contributed by atoms with Crippen molar-refractivity contribution in [3.8, 4) is 0 Å². The molecule has 0 saturated carbocycles. The van der Waals surface area contributed by atoms with Gasteiger partial charge in [-0.25, -0.2) is 8.42 Å². The summed E-state index contributed by atoms with van der Waals surface area (Å²) in [6.45, 7) is 8.77. The molecule has 0 heterocycles. The van der Waals surface area contributed by atoms with Crippen LogP contribution in [-0.4, -0.2) is 50.0 Å². The third-order valence-corrected chi connectivity index (χ3v) is 6.27. The standard InChI is InChI=1S/C24H33N3O4S/c1-17(2)25-24(29)20(5)26(15-21-13-8-7-9-14-21)22(28)16-27(32(6,30)31)23-18(3)11-10-12-19(23)4/h7-14,17,20H,15-16H2,1-6H3,(H,25,29)/t20-/m1/s1. The molecule has 1 N–H and O–H groups in total. The molecule has 0 unspecified atom stereocenters. The molecule has 0 saturated heterocycles. The zero-order chi connectivity index (χ0) is 24.1. The summed E-state index contributed by atoms with van der Waals surface area (Å²) < 4.78 is 26.5. The summed E-state index contributed by atoms with van der Waals surface area (Å²) >= 11 is 0. The van der Waals surface area contributed by atoms with E-state index < -0.39 is 28.5 Å². The Morgan fingerprint density at radius 2 is 1.50 bits per heavy atom. The number of para-hydroxylation sites is 1. The quantitative estimate of drug-likeness (QED) is 0.625. The molecule has 2 amide bonds. The van der Waals surface area contributed by atoms with E-state index in [1.807, 2.05) is 76.2 Å². The van der Waals surface area contributed by atoms with Crippen molar-refractivity contribution in [2.75, 3.05) is 17.1 Å². The zero-order valence-electron chi connectivity index (χ0n) is 19.6. The van der Waals surface area contributed by atoms with Gasteiger partial charge in [0, 0.05) is 12.6 Å². The van der Waals surface area contributed by atoms with E-state index in [1.54, 1.807) is 6.92 Å². The van der Waals surface area contributed by atoms with Crippen molar-refractivity contribution in [3.05, 3.63) is 65.2 Å². The molecular formula is C24H33N3O4S. The van der Waals surface area contributed by atoms with Crippen LogP contribution in [0.5, 0.6) is 0 Å². The average Bonchev–Trinajstić information content (AvgIpc) is 2.70. The number of sulfonamides is 1. The van der Waals surface area contributed by atoms with Crippen LogP contribution in [0.1, 0.15) is 37.5 Å². The average molecular weight is 460 g/mol. The van der Waals surface area contributed by atoms with Gasteiger partial charge in [0.1, 0.15) is 12.6 Å². The highest BCUT2D eigenvalue weighted by Crippen LogP contribution is 2.27. The van der Waals surface area contributed by atoms with Gasteiger partial charge in [0.25, 0.3) is 0 Å². The Labute approximate surface area is 191 Å². The van der Waals surface area contributed by atoms with E-state index >= 15 is 0 Å². The first-order valence-electron chi connectivity index (χ1n) is 10.6. The van der Waals surface area contributed by atoms with Crippen LogP contribution in [0.15, 0.2) is 48.5 Å². The van der Waals surface area contributed by atoms with Gasteiger partial charge in [-0.3, -0.25) is 13.9 Å². The van der Waals surface area contributed by atoms with Gasteiger partial charge < -0.3 is 10.2 Å². The number of hydrogen-bond acceptors (Lipinski definition) is 4. The third kappa shape index (κ3) is 6.56. The summed E-state index contributed by atoms with van der Waals surface area (Å²) in [5.41, 5.74) is 2.84. The van der Waals surface area contributed by atoms with Gasteiger partial charge in [-0.05, 0) is 51.3 Å². The Balaban J connectivity index is 2.43.